The summed E-state index contributed by atoms with van der Waals surface area (Å²) in [4.78, 5) is 81.8. The normalized spacial score (nSPS) is 21.4. The van der Waals surface area contributed by atoms with Crippen molar-refractivity contribution in [1.29, 1.82) is 0 Å². The van der Waals surface area contributed by atoms with Crippen LogP contribution in [0.15, 0.2) is 30.3 Å². The van der Waals surface area contributed by atoms with E-state index in [9.17, 15) is 28.8 Å². The van der Waals surface area contributed by atoms with Crippen LogP contribution >= 0.6 is 0 Å². The maximum Gasteiger partial charge on any atom is 0.408 e. The number of ketones is 3. The second kappa shape index (κ2) is 14.5. The Morgan fingerprint density at radius 1 is 0.875 bits per heavy atom. The molecule has 48 heavy (non-hydrogen) atoms. The first kappa shape index (κ1) is 38.9. The van der Waals surface area contributed by atoms with E-state index in [1.807, 2.05) is 51.1 Å². The molecule has 1 heterocycles. The summed E-state index contributed by atoms with van der Waals surface area (Å²) in [5.74, 6) is -3.32. The molecule has 0 radical (unpaired) electrons. The minimum atomic E-state index is -0.962. The number of carbonyl (C=O) groups is 6. The number of ether oxygens (including phenoxy) is 2. The van der Waals surface area contributed by atoms with Gasteiger partial charge >= 0.3 is 12.1 Å². The van der Waals surface area contributed by atoms with Crippen molar-refractivity contribution in [3.8, 4) is 0 Å². The summed E-state index contributed by atoms with van der Waals surface area (Å²) in [6.45, 7) is 20.5. The molecule has 2 amide bonds. The van der Waals surface area contributed by atoms with Crippen molar-refractivity contribution < 1.29 is 38.2 Å². The fraction of sp³-hybridized carbons (Fsp3) is 0.684. The van der Waals surface area contributed by atoms with Crippen molar-refractivity contribution >= 4 is 35.3 Å². The molecule has 3 rings (SSSR count). The Bertz CT molecular complexity index is 1380. The molecule has 0 bridgehead atoms. The maximum atomic E-state index is 14.3. The molecule has 266 valence electrons. The summed E-state index contributed by atoms with van der Waals surface area (Å²) in [6.07, 6.45) is -0.713. The largest absolute Gasteiger partial charge is 0.460 e. The van der Waals surface area contributed by atoms with Crippen LogP contribution in [0.3, 0.4) is 0 Å². The Labute approximate surface area is 286 Å². The molecule has 1 N–H and O–H groups in total. The molecule has 10 heteroatoms. The van der Waals surface area contributed by atoms with Gasteiger partial charge in [0.25, 0.3) is 0 Å². The Kier molecular flexibility index (Phi) is 11.8. The highest BCUT2D eigenvalue weighted by molar-refractivity contribution is 6.38. The van der Waals surface area contributed by atoms with Gasteiger partial charge in [0.2, 0.25) is 11.7 Å². The van der Waals surface area contributed by atoms with Gasteiger partial charge in [0.15, 0.2) is 11.6 Å². The van der Waals surface area contributed by atoms with Crippen molar-refractivity contribution in [3.63, 3.8) is 0 Å². The number of alkyl carbamates (subject to hydrolysis) is 1. The number of hydrogen-bond donors (Lipinski definition) is 1. The lowest BCUT2D eigenvalue weighted by Crippen LogP contribution is -2.58. The number of fused-ring (bicyclic) bond motifs is 1. The molecule has 0 aromatic heterocycles. The van der Waals surface area contributed by atoms with Crippen LogP contribution in [0.2, 0.25) is 0 Å². The summed E-state index contributed by atoms with van der Waals surface area (Å²) in [6, 6.07) is 7.45. The maximum absolute atomic E-state index is 14.3. The first-order valence-electron chi connectivity index (χ1n) is 17.1. The minimum absolute atomic E-state index is 0.00213. The van der Waals surface area contributed by atoms with E-state index in [0.29, 0.717) is 6.54 Å². The molecule has 1 aliphatic carbocycles. The van der Waals surface area contributed by atoms with Crippen LogP contribution in [0.25, 0.3) is 0 Å². The predicted molar refractivity (Wildman–Crippen MR) is 182 cm³/mol. The molecule has 5 atom stereocenters. The third-order valence-electron chi connectivity index (χ3n) is 9.22. The van der Waals surface area contributed by atoms with Gasteiger partial charge in [0, 0.05) is 31.7 Å². The highest BCUT2D eigenvalue weighted by atomic mass is 16.6. The van der Waals surface area contributed by atoms with Gasteiger partial charge in [-0.1, -0.05) is 65.0 Å². The van der Waals surface area contributed by atoms with Crippen molar-refractivity contribution in [2.75, 3.05) is 6.54 Å². The molecule has 1 saturated carbocycles. The monoisotopic (exact) mass is 668 g/mol. The summed E-state index contributed by atoms with van der Waals surface area (Å²) in [7, 11) is 0. The van der Waals surface area contributed by atoms with E-state index in [4.69, 9.17) is 9.47 Å². The Balaban J connectivity index is 1.83. The van der Waals surface area contributed by atoms with Gasteiger partial charge in [-0.05, 0) is 82.6 Å². The second-order valence-electron chi connectivity index (χ2n) is 17.1. The lowest BCUT2D eigenvalue weighted by Gasteiger charge is -2.38. The molecular formula is C38H56N2O8. The molecule has 0 spiro atoms. The Morgan fingerprint density at radius 2 is 1.46 bits per heavy atom. The van der Waals surface area contributed by atoms with Gasteiger partial charge in [-0.15, -0.1) is 0 Å². The lowest BCUT2D eigenvalue weighted by molar-refractivity contribution is -0.155. The van der Waals surface area contributed by atoms with Crippen molar-refractivity contribution in [3.05, 3.63) is 35.9 Å². The molecule has 1 aromatic carbocycles. The first-order valence-corrected chi connectivity index (χ1v) is 17.1. The minimum Gasteiger partial charge on any atom is -0.460 e. The van der Waals surface area contributed by atoms with E-state index < -0.39 is 58.2 Å². The van der Waals surface area contributed by atoms with E-state index in [1.54, 1.807) is 46.4 Å². The number of hydrogen-bond acceptors (Lipinski definition) is 8. The lowest BCUT2D eigenvalue weighted by atomic mass is 9.83. The number of carbonyl (C=O) groups excluding carboxylic acids is 6. The highest BCUT2D eigenvalue weighted by Gasteiger charge is 2.69. The summed E-state index contributed by atoms with van der Waals surface area (Å²) in [5.41, 5.74) is -1.48. The van der Waals surface area contributed by atoms with Crippen LogP contribution in [0.4, 0.5) is 4.79 Å². The Hall–Kier alpha value is -3.56. The fourth-order valence-electron chi connectivity index (χ4n) is 6.78. The van der Waals surface area contributed by atoms with Gasteiger partial charge < -0.3 is 19.7 Å². The average molecular weight is 669 g/mol. The highest BCUT2D eigenvalue weighted by Crippen LogP contribution is 2.65. The third-order valence-corrected chi connectivity index (χ3v) is 9.22. The van der Waals surface area contributed by atoms with Crippen LogP contribution in [-0.2, 0) is 39.9 Å². The van der Waals surface area contributed by atoms with Crippen LogP contribution in [0.5, 0.6) is 0 Å². The van der Waals surface area contributed by atoms with Crippen molar-refractivity contribution in [1.82, 2.24) is 10.2 Å². The molecule has 2 fully saturated rings. The summed E-state index contributed by atoms with van der Waals surface area (Å²) < 4.78 is 10.8. The zero-order chi connectivity index (χ0) is 36.4. The van der Waals surface area contributed by atoms with E-state index in [2.05, 4.69) is 19.2 Å². The summed E-state index contributed by atoms with van der Waals surface area (Å²) in [5, 5.41) is 2.75. The molecule has 3 unspecified atom stereocenters. The number of nitrogens with zero attached hydrogens (tertiary/aromatic N) is 1. The zero-order valence-corrected chi connectivity index (χ0v) is 30.7. The van der Waals surface area contributed by atoms with E-state index in [-0.39, 0.29) is 61.0 Å². The standard InChI is InChI=1S/C38H56N2O8/c1-35(2,3)32(39-34(46)48-37(7,8)9)33(45)40-22-25-29(38(25,10)11)30(40)27(42)21-24(20-23-16-13-12-14-17-23)31(44)26(41)18-15-19-28(43)47-36(4,5)6/h12-14,16-17,24-25,29-30,32H,15,18-22H2,1-11H3,(H,39,46)/t24?,25?,29?,30-,32-/m1/s1. The molecule has 1 aromatic rings. The third kappa shape index (κ3) is 10.2. The van der Waals surface area contributed by atoms with Crippen molar-refractivity contribution in [2.24, 2.45) is 28.6 Å². The number of rotatable bonds is 13. The smallest absolute Gasteiger partial charge is 0.408 e. The number of Topliss-reactive ketones (excluding diaryl/α,β-unsaturated/α-hetero) is 3. The zero-order valence-electron chi connectivity index (χ0n) is 30.7. The molecule has 10 nitrogen and oxygen atoms in total. The van der Waals surface area contributed by atoms with E-state index >= 15 is 0 Å². The average Bonchev–Trinajstić information content (AvgIpc) is 3.24. The van der Waals surface area contributed by atoms with Gasteiger partial charge in [-0.2, -0.15) is 0 Å². The predicted octanol–water partition coefficient (Wildman–Crippen LogP) is 5.88. The fourth-order valence-corrected chi connectivity index (χ4v) is 6.78. The van der Waals surface area contributed by atoms with Crippen LogP contribution in [0, 0.1) is 28.6 Å². The van der Waals surface area contributed by atoms with Gasteiger partial charge in [-0.25, -0.2) is 4.79 Å². The molecule has 1 aliphatic heterocycles. The molecule has 1 saturated heterocycles. The number of piperidine rings is 1. The van der Waals surface area contributed by atoms with Gasteiger partial charge in [-0.3, -0.25) is 24.0 Å². The number of nitrogens with one attached hydrogen (secondary N) is 1. The van der Waals surface area contributed by atoms with Crippen LogP contribution < -0.4 is 5.32 Å². The number of amides is 2. The van der Waals surface area contributed by atoms with Gasteiger partial charge in [0.1, 0.15) is 17.2 Å². The van der Waals surface area contributed by atoms with Crippen molar-refractivity contribution in [2.45, 2.75) is 132 Å². The Morgan fingerprint density at radius 3 is 2.00 bits per heavy atom. The molecular weight excluding hydrogens is 612 g/mol. The number of likely N-dealkylation sites (tertiary alicyclic amines) is 1. The van der Waals surface area contributed by atoms with E-state index in [0.717, 1.165) is 5.56 Å². The number of benzene rings is 1. The number of esters is 1. The molecule has 2 aliphatic rings. The second-order valence-corrected chi connectivity index (χ2v) is 17.1. The summed E-state index contributed by atoms with van der Waals surface area (Å²) >= 11 is 0. The van der Waals surface area contributed by atoms with Gasteiger partial charge in [0.05, 0.1) is 6.04 Å². The first-order chi connectivity index (χ1) is 21.9. The van der Waals surface area contributed by atoms with E-state index in [1.165, 1.54) is 0 Å². The quantitative estimate of drug-likeness (QED) is 0.203. The SMILES string of the molecule is CC(C)(C)OC(=O)CCCC(=O)C(=O)C(CC(=O)[C@@H]1C2C(CN1C(=O)[C@@H](NC(=O)OC(C)(C)C)C(C)(C)C)C2(C)C)Cc1ccccc1. The van der Waals surface area contributed by atoms with Crippen LogP contribution in [0.1, 0.15) is 107 Å². The van der Waals surface area contributed by atoms with Crippen LogP contribution in [-0.4, -0.2) is 70.0 Å². The topological polar surface area (TPSA) is 136 Å².